The summed E-state index contributed by atoms with van der Waals surface area (Å²) in [7, 11) is 2.01. The van der Waals surface area contributed by atoms with Crippen LogP contribution >= 0.6 is 0 Å². The van der Waals surface area contributed by atoms with E-state index in [-0.39, 0.29) is 0 Å². The molecule has 20 heavy (non-hydrogen) atoms. The van der Waals surface area contributed by atoms with Crippen LogP contribution in [-0.2, 0) is 9.53 Å². The molecule has 1 amide bonds. The molecule has 4 heteroatoms. The smallest absolute Gasteiger partial charge is 0.222 e. The van der Waals surface area contributed by atoms with Gasteiger partial charge in [-0.15, -0.1) is 0 Å². The van der Waals surface area contributed by atoms with Crippen LogP contribution < -0.4 is 5.32 Å². The molecule has 0 radical (unpaired) electrons. The highest BCUT2D eigenvalue weighted by molar-refractivity contribution is 5.76. The molecular weight excluding hydrogens is 252 g/mol. The van der Waals surface area contributed by atoms with Gasteiger partial charge in [0.05, 0.1) is 6.10 Å². The van der Waals surface area contributed by atoms with Gasteiger partial charge in [0.15, 0.2) is 0 Å². The van der Waals surface area contributed by atoms with E-state index in [1.165, 1.54) is 32.1 Å². The maximum Gasteiger partial charge on any atom is 0.222 e. The summed E-state index contributed by atoms with van der Waals surface area (Å²) in [6.45, 7) is 3.89. The van der Waals surface area contributed by atoms with Crippen LogP contribution in [0.2, 0.25) is 0 Å². The Morgan fingerprint density at radius 1 is 1.20 bits per heavy atom. The van der Waals surface area contributed by atoms with Crippen molar-refractivity contribution in [2.75, 3.05) is 33.3 Å². The molecule has 0 spiro atoms. The Balaban J connectivity index is 1.61. The number of carbonyl (C=O) groups excluding carboxylic acids is 1. The molecule has 1 atom stereocenters. The number of nitrogens with zero attached hydrogens (tertiary/aromatic N) is 1. The summed E-state index contributed by atoms with van der Waals surface area (Å²) >= 11 is 0. The van der Waals surface area contributed by atoms with Gasteiger partial charge in [-0.1, -0.05) is 0 Å². The molecule has 116 valence electrons. The highest BCUT2D eigenvalue weighted by Gasteiger charge is 2.23. The Morgan fingerprint density at radius 3 is 2.65 bits per heavy atom. The fourth-order valence-corrected chi connectivity index (χ4v) is 3.30. The Morgan fingerprint density at radius 2 is 2.00 bits per heavy atom. The van der Waals surface area contributed by atoms with Gasteiger partial charge in [0.1, 0.15) is 0 Å². The van der Waals surface area contributed by atoms with Crippen LogP contribution in [0, 0.1) is 5.92 Å². The molecule has 0 bridgehead atoms. The van der Waals surface area contributed by atoms with E-state index in [0.717, 1.165) is 45.0 Å². The van der Waals surface area contributed by atoms with Crippen molar-refractivity contribution >= 4 is 5.91 Å². The van der Waals surface area contributed by atoms with Crippen LogP contribution in [0.1, 0.15) is 51.4 Å². The van der Waals surface area contributed by atoms with Gasteiger partial charge in [-0.25, -0.2) is 0 Å². The lowest BCUT2D eigenvalue weighted by atomic mass is 9.93. The van der Waals surface area contributed by atoms with Crippen molar-refractivity contribution in [3.05, 3.63) is 0 Å². The van der Waals surface area contributed by atoms with E-state index < -0.39 is 0 Å². The van der Waals surface area contributed by atoms with Crippen molar-refractivity contribution < 1.29 is 9.53 Å². The van der Waals surface area contributed by atoms with E-state index in [0.29, 0.717) is 18.4 Å². The molecule has 0 saturated carbocycles. The van der Waals surface area contributed by atoms with Crippen molar-refractivity contribution in [3.8, 4) is 0 Å². The van der Waals surface area contributed by atoms with Gasteiger partial charge in [-0.3, -0.25) is 4.79 Å². The number of amides is 1. The average molecular weight is 282 g/mol. The number of rotatable bonds is 6. The second-order valence-electron chi connectivity index (χ2n) is 6.24. The zero-order chi connectivity index (χ0) is 14.2. The van der Waals surface area contributed by atoms with E-state index in [1.807, 2.05) is 7.05 Å². The lowest BCUT2D eigenvalue weighted by Gasteiger charge is -2.32. The first-order chi connectivity index (χ1) is 9.79. The molecule has 2 aliphatic heterocycles. The quantitative estimate of drug-likeness (QED) is 0.812. The Bertz CT molecular complexity index is 282. The van der Waals surface area contributed by atoms with Crippen molar-refractivity contribution in [1.29, 1.82) is 0 Å². The molecule has 2 aliphatic rings. The van der Waals surface area contributed by atoms with Gasteiger partial charge < -0.3 is 15.0 Å². The van der Waals surface area contributed by atoms with Crippen LogP contribution in [0.15, 0.2) is 0 Å². The highest BCUT2D eigenvalue weighted by Crippen LogP contribution is 2.22. The zero-order valence-electron chi connectivity index (χ0n) is 12.9. The normalized spacial score (nSPS) is 24.9. The Labute approximate surface area is 123 Å². The topological polar surface area (TPSA) is 41.6 Å². The first kappa shape index (κ1) is 15.8. The third-order valence-corrected chi connectivity index (χ3v) is 4.72. The third-order valence-electron chi connectivity index (χ3n) is 4.72. The van der Waals surface area contributed by atoms with Crippen molar-refractivity contribution in [3.63, 3.8) is 0 Å². The second-order valence-corrected chi connectivity index (χ2v) is 6.24. The molecule has 0 aromatic heterocycles. The Hall–Kier alpha value is -0.610. The lowest BCUT2D eigenvalue weighted by molar-refractivity contribution is -0.133. The Kier molecular flexibility index (Phi) is 6.80. The van der Waals surface area contributed by atoms with Crippen molar-refractivity contribution in [2.24, 2.45) is 5.92 Å². The number of carbonyl (C=O) groups is 1. The highest BCUT2D eigenvalue weighted by atomic mass is 16.5. The van der Waals surface area contributed by atoms with Crippen LogP contribution in [0.4, 0.5) is 0 Å². The molecule has 4 nitrogen and oxygen atoms in total. The molecule has 1 N–H and O–H groups in total. The largest absolute Gasteiger partial charge is 0.378 e. The van der Waals surface area contributed by atoms with Gasteiger partial charge in [-0.2, -0.15) is 0 Å². The van der Waals surface area contributed by atoms with E-state index in [4.69, 9.17) is 4.74 Å². The summed E-state index contributed by atoms with van der Waals surface area (Å²) in [6, 6.07) is 0. The summed E-state index contributed by atoms with van der Waals surface area (Å²) < 4.78 is 5.70. The molecule has 0 aromatic carbocycles. The maximum atomic E-state index is 12.2. The molecule has 2 rings (SSSR count). The monoisotopic (exact) mass is 282 g/mol. The summed E-state index contributed by atoms with van der Waals surface area (Å²) in [5.74, 6) is 1.14. The van der Waals surface area contributed by atoms with Gasteiger partial charge in [0.25, 0.3) is 0 Å². The summed E-state index contributed by atoms with van der Waals surface area (Å²) in [6.07, 6.45) is 9.10. The van der Waals surface area contributed by atoms with Crippen LogP contribution in [-0.4, -0.2) is 50.2 Å². The molecular formula is C16H30N2O2. The minimum absolute atomic E-state index is 0.334. The zero-order valence-corrected chi connectivity index (χ0v) is 12.9. The van der Waals surface area contributed by atoms with Crippen molar-refractivity contribution in [1.82, 2.24) is 10.2 Å². The van der Waals surface area contributed by atoms with Gasteiger partial charge in [0, 0.05) is 26.1 Å². The summed E-state index contributed by atoms with van der Waals surface area (Å²) in [5.41, 5.74) is 0. The van der Waals surface area contributed by atoms with E-state index in [2.05, 4.69) is 10.2 Å². The number of likely N-dealkylation sites (tertiary alicyclic amines) is 1. The molecule has 0 aromatic rings. The van der Waals surface area contributed by atoms with Gasteiger partial charge >= 0.3 is 0 Å². The average Bonchev–Trinajstić information content (AvgIpc) is 2.52. The summed E-state index contributed by atoms with van der Waals surface area (Å²) in [5, 5.41) is 3.21. The van der Waals surface area contributed by atoms with Crippen LogP contribution in [0.5, 0.6) is 0 Å². The number of ether oxygens (including phenoxy) is 1. The molecule has 1 unspecified atom stereocenters. The lowest BCUT2D eigenvalue weighted by Crippen LogP contribution is -2.39. The maximum absolute atomic E-state index is 12.2. The van der Waals surface area contributed by atoms with Gasteiger partial charge in [-0.05, 0) is 64.5 Å². The second kappa shape index (κ2) is 8.63. The van der Waals surface area contributed by atoms with Gasteiger partial charge in [0.2, 0.25) is 5.91 Å². The molecule has 2 heterocycles. The summed E-state index contributed by atoms with van der Waals surface area (Å²) in [4.78, 5) is 14.3. The predicted octanol–water partition coefficient (Wildman–Crippen LogP) is 2.18. The minimum atomic E-state index is 0.334. The first-order valence-electron chi connectivity index (χ1n) is 8.33. The van der Waals surface area contributed by atoms with E-state index >= 15 is 0 Å². The SMILES string of the molecule is CNCCC1CCN(C(=O)CCC2CCCCO2)CC1. The predicted molar refractivity (Wildman–Crippen MR) is 80.7 cm³/mol. The standard InChI is InChI=1S/C16H30N2O2/c1-17-10-7-14-8-11-18(12-9-14)16(19)6-5-15-4-2-3-13-20-15/h14-15,17H,2-13H2,1H3. The number of hydrogen-bond acceptors (Lipinski definition) is 3. The molecule has 2 fully saturated rings. The third kappa shape index (κ3) is 5.06. The number of piperidine rings is 1. The van der Waals surface area contributed by atoms with Crippen LogP contribution in [0.25, 0.3) is 0 Å². The fourth-order valence-electron chi connectivity index (χ4n) is 3.30. The minimum Gasteiger partial charge on any atom is -0.378 e. The van der Waals surface area contributed by atoms with E-state index in [9.17, 15) is 4.79 Å². The van der Waals surface area contributed by atoms with E-state index in [1.54, 1.807) is 0 Å². The molecule has 0 aliphatic carbocycles. The fraction of sp³-hybridized carbons (Fsp3) is 0.938. The number of nitrogens with one attached hydrogen (secondary N) is 1. The molecule has 2 saturated heterocycles. The van der Waals surface area contributed by atoms with Crippen LogP contribution in [0.3, 0.4) is 0 Å². The van der Waals surface area contributed by atoms with Crippen molar-refractivity contribution in [2.45, 2.75) is 57.5 Å². The number of hydrogen-bond donors (Lipinski definition) is 1. The first-order valence-corrected chi connectivity index (χ1v) is 8.33.